The fourth-order valence-electron chi connectivity index (χ4n) is 2.17. The van der Waals surface area contributed by atoms with Crippen LogP contribution in [0.15, 0.2) is 24.3 Å². The SMILES string of the molecule is O=C(OC(=O)N1CC(O)C[C@H]1C(=O)O)c1ccc([N+](=O)[O-])cc1. The lowest BCUT2D eigenvalue weighted by Crippen LogP contribution is -2.41. The molecular formula is C13H12N2O8. The van der Waals surface area contributed by atoms with Crippen molar-refractivity contribution in [2.24, 2.45) is 0 Å². The average molecular weight is 324 g/mol. The summed E-state index contributed by atoms with van der Waals surface area (Å²) in [7, 11) is 0. The third-order valence-corrected chi connectivity index (χ3v) is 3.29. The average Bonchev–Trinajstić information content (AvgIpc) is 2.89. The van der Waals surface area contributed by atoms with Gasteiger partial charge in [0.25, 0.3) is 5.69 Å². The van der Waals surface area contributed by atoms with Crippen LogP contribution in [0.25, 0.3) is 0 Å². The first-order chi connectivity index (χ1) is 10.8. The number of carbonyl (C=O) groups excluding carboxylic acids is 2. The molecule has 23 heavy (non-hydrogen) atoms. The summed E-state index contributed by atoms with van der Waals surface area (Å²) in [5.74, 6) is -2.39. The molecule has 0 spiro atoms. The molecule has 1 aliphatic rings. The van der Waals surface area contributed by atoms with Crippen LogP contribution in [0.2, 0.25) is 0 Å². The van der Waals surface area contributed by atoms with Gasteiger partial charge in [-0.05, 0) is 12.1 Å². The Morgan fingerprint density at radius 2 is 1.87 bits per heavy atom. The van der Waals surface area contributed by atoms with Crippen molar-refractivity contribution in [2.75, 3.05) is 6.54 Å². The van der Waals surface area contributed by atoms with Crippen LogP contribution in [0.4, 0.5) is 10.5 Å². The highest BCUT2D eigenvalue weighted by molar-refractivity contribution is 5.97. The van der Waals surface area contributed by atoms with E-state index in [1.54, 1.807) is 0 Å². The summed E-state index contributed by atoms with van der Waals surface area (Å²) < 4.78 is 4.55. The molecule has 1 fully saturated rings. The van der Waals surface area contributed by atoms with Gasteiger partial charge in [-0.2, -0.15) is 0 Å². The molecule has 1 unspecified atom stereocenters. The number of aliphatic carboxylic acids is 1. The number of nitro groups is 1. The first-order valence-corrected chi connectivity index (χ1v) is 6.47. The third-order valence-electron chi connectivity index (χ3n) is 3.29. The number of aliphatic hydroxyl groups is 1. The summed E-state index contributed by atoms with van der Waals surface area (Å²) in [4.78, 5) is 45.3. The first kappa shape index (κ1) is 16.4. The maximum atomic E-state index is 11.9. The van der Waals surface area contributed by atoms with Crippen molar-refractivity contribution in [3.63, 3.8) is 0 Å². The molecule has 1 heterocycles. The van der Waals surface area contributed by atoms with Gasteiger partial charge in [0.05, 0.1) is 23.1 Å². The lowest BCUT2D eigenvalue weighted by Gasteiger charge is -2.19. The number of non-ortho nitro benzene ring substituents is 1. The van der Waals surface area contributed by atoms with Crippen LogP contribution in [0, 0.1) is 10.1 Å². The van der Waals surface area contributed by atoms with Crippen molar-refractivity contribution in [3.05, 3.63) is 39.9 Å². The van der Waals surface area contributed by atoms with Gasteiger partial charge in [-0.15, -0.1) is 0 Å². The number of hydrogen-bond donors (Lipinski definition) is 2. The van der Waals surface area contributed by atoms with E-state index in [1.165, 1.54) is 0 Å². The molecule has 0 aliphatic carbocycles. The van der Waals surface area contributed by atoms with Crippen molar-refractivity contribution in [3.8, 4) is 0 Å². The smallest absolute Gasteiger partial charge is 0.418 e. The van der Waals surface area contributed by atoms with Gasteiger partial charge in [0.1, 0.15) is 6.04 Å². The van der Waals surface area contributed by atoms with Gasteiger partial charge in [0.15, 0.2) is 0 Å². The number of hydrogen-bond acceptors (Lipinski definition) is 7. The van der Waals surface area contributed by atoms with Gasteiger partial charge in [-0.1, -0.05) is 0 Å². The lowest BCUT2D eigenvalue weighted by molar-refractivity contribution is -0.384. The maximum absolute atomic E-state index is 11.9. The molecule has 0 radical (unpaired) electrons. The van der Waals surface area contributed by atoms with E-state index < -0.39 is 35.1 Å². The molecule has 2 rings (SSSR count). The summed E-state index contributed by atoms with van der Waals surface area (Å²) >= 11 is 0. The minimum absolute atomic E-state index is 0.101. The summed E-state index contributed by atoms with van der Waals surface area (Å²) in [6.07, 6.45) is -2.37. The van der Waals surface area contributed by atoms with E-state index in [2.05, 4.69) is 4.74 Å². The second kappa shape index (κ2) is 6.40. The van der Waals surface area contributed by atoms with Crippen molar-refractivity contribution >= 4 is 23.7 Å². The molecule has 1 aromatic carbocycles. The van der Waals surface area contributed by atoms with Gasteiger partial charge in [-0.3, -0.25) is 15.0 Å². The molecule has 1 amide bonds. The number of rotatable bonds is 3. The molecule has 1 aromatic rings. The molecule has 1 saturated heterocycles. The Labute approximate surface area is 129 Å². The first-order valence-electron chi connectivity index (χ1n) is 6.47. The highest BCUT2D eigenvalue weighted by Gasteiger charge is 2.40. The predicted octanol–water partition coefficient (Wildman–Crippen LogP) is 0.391. The number of ether oxygens (including phenoxy) is 1. The lowest BCUT2D eigenvalue weighted by atomic mass is 10.2. The Kier molecular flexibility index (Phi) is 4.55. The zero-order chi connectivity index (χ0) is 17.1. The number of amides is 1. The fraction of sp³-hybridized carbons (Fsp3) is 0.308. The number of likely N-dealkylation sites (tertiary alicyclic amines) is 1. The minimum Gasteiger partial charge on any atom is -0.480 e. The Hall–Kier alpha value is -3.01. The number of carboxylic acid groups (broad SMARTS) is 1. The maximum Gasteiger partial charge on any atom is 0.418 e. The number of β-amino-alcohol motifs (C(OH)–C–C–N with tert-alkyl or cyclic N) is 1. The second-order valence-corrected chi connectivity index (χ2v) is 4.86. The van der Waals surface area contributed by atoms with E-state index in [0.29, 0.717) is 0 Å². The monoisotopic (exact) mass is 324 g/mol. The molecule has 0 aromatic heterocycles. The Morgan fingerprint density at radius 1 is 1.26 bits per heavy atom. The van der Waals surface area contributed by atoms with E-state index in [-0.39, 0.29) is 24.2 Å². The molecule has 0 saturated carbocycles. The molecule has 2 atom stereocenters. The zero-order valence-electron chi connectivity index (χ0n) is 11.6. The Bertz CT molecular complexity index is 656. The number of esters is 1. The van der Waals surface area contributed by atoms with Gasteiger partial charge in [-0.25, -0.2) is 14.4 Å². The standard InChI is InChI=1S/C13H12N2O8/c16-9-5-10(11(17)18)14(6-9)13(20)23-12(19)7-1-3-8(4-2-7)15(21)22/h1-4,9-10,16H,5-6H2,(H,17,18)/t9?,10-/m0/s1. The highest BCUT2D eigenvalue weighted by atomic mass is 16.6. The molecule has 2 N–H and O–H groups in total. The number of nitrogens with zero attached hydrogens (tertiary/aromatic N) is 2. The molecule has 0 bridgehead atoms. The van der Waals surface area contributed by atoms with Gasteiger partial charge >= 0.3 is 18.0 Å². The van der Waals surface area contributed by atoms with Crippen LogP contribution in [0.1, 0.15) is 16.8 Å². The van der Waals surface area contributed by atoms with Crippen molar-refractivity contribution < 1.29 is 34.3 Å². The Balaban J connectivity index is 2.06. The zero-order valence-corrected chi connectivity index (χ0v) is 11.6. The van der Waals surface area contributed by atoms with E-state index in [0.717, 1.165) is 29.2 Å². The van der Waals surface area contributed by atoms with E-state index in [9.17, 15) is 29.6 Å². The van der Waals surface area contributed by atoms with Gasteiger partial charge < -0.3 is 14.9 Å². The quantitative estimate of drug-likeness (QED) is 0.351. The van der Waals surface area contributed by atoms with Gasteiger partial charge in [0.2, 0.25) is 0 Å². The second-order valence-electron chi connectivity index (χ2n) is 4.86. The van der Waals surface area contributed by atoms with Crippen LogP contribution >= 0.6 is 0 Å². The largest absolute Gasteiger partial charge is 0.480 e. The van der Waals surface area contributed by atoms with Crippen LogP contribution in [0.5, 0.6) is 0 Å². The highest BCUT2D eigenvalue weighted by Crippen LogP contribution is 2.20. The number of benzene rings is 1. The van der Waals surface area contributed by atoms with E-state index in [4.69, 9.17) is 5.11 Å². The topological polar surface area (TPSA) is 147 Å². The van der Waals surface area contributed by atoms with Crippen LogP contribution in [-0.2, 0) is 9.53 Å². The van der Waals surface area contributed by atoms with Crippen molar-refractivity contribution in [2.45, 2.75) is 18.6 Å². The number of carboxylic acids is 1. The van der Waals surface area contributed by atoms with Crippen molar-refractivity contribution in [1.29, 1.82) is 0 Å². The van der Waals surface area contributed by atoms with Crippen molar-refractivity contribution in [1.82, 2.24) is 4.90 Å². The summed E-state index contributed by atoms with van der Waals surface area (Å²) in [6.45, 7) is -0.261. The fourth-order valence-corrected chi connectivity index (χ4v) is 2.17. The molecule has 10 heteroatoms. The third kappa shape index (κ3) is 3.61. The summed E-state index contributed by atoms with van der Waals surface area (Å²) in [5, 5.41) is 28.9. The number of aliphatic hydroxyl groups excluding tert-OH is 1. The Morgan fingerprint density at radius 3 is 2.39 bits per heavy atom. The molecule has 10 nitrogen and oxygen atoms in total. The van der Waals surface area contributed by atoms with E-state index >= 15 is 0 Å². The van der Waals surface area contributed by atoms with Gasteiger partial charge in [0, 0.05) is 18.6 Å². The summed E-state index contributed by atoms with van der Waals surface area (Å²) in [6, 6.07) is 3.09. The van der Waals surface area contributed by atoms with E-state index in [1.807, 2.05) is 0 Å². The van der Waals surface area contributed by atoms with Crippen LogP contribution in [-0.4, -0.2) is 56.8 Å². The predicted molar refractivity (Wildman–Crippen MR) is 72.7 cm³/mol. The number of carbonyl (C=O) groups is 3. The van der Waals surface area contributed by atoms with Crippen LogP contribution < -0.4 is 0 Å². The van der Waals surface area contributed by atoms with Crippen LogP contribution in [0.3, 0.4) is 0 Å². The molecular weight excluding hydrogens is 312 g/mol. The minimum atomic E-state index is -1.32. The molecule has 122 valence electrons. The normalized spacial score (nSPS) is 20.1. The molecule has 1 aliphatic heterocycles. The summed E-state index contributed by atoms with van der Waals surface area (Å²) in [5.41, 5.74) is -0.336. The number of nitro benzene ring substituents is 1.